The van der Waals surface area contributed by atoms with E-state index in [1.54, 1.807) is 29.4 Å². The lowest BCUT2D eigenvalue weighted by Crippen LogP contribution is -2.25. The summed E-state index contributed by atoms with van der Waals surface area (Å²) in [5, 5.41) is 0. The molecule has 1 fully saturated rings. The van der Waals surface area contributed by atoms with Crippen LogP contribution in [0.4, 0.5) is 19.0 Å². The van der Waals surface area contributed by atoms with Gasteiger partial charge in [-0.25, -0.2) is 4.98 Å². The van der Waals surface area contributed by atoms with E-state index in [9.17, 15) is 13.2 Å². The standard InChI is InChI=1S/C16H15BrF3N3O/c17-12-7-14(16(18,19)20)15(22-8-12)23-6-3-11(9-23)10-24-13-1-4-21-5-2-13/h1-2,4-5,7-8,11H,3,6,9-10H2. The van der Waals surface area contributed by atoms with Gasteiger partial charge in [0.1, 0.15) is 11.6 Å². The van der Waals surface area contributed by atoms with Gasteiger partial charge in [0, 0.05) is 42.1 Å². The quantitative estimate of drug-likeness (QED) is 0.770. The smallest absolute Gasteiger partial charge is 0.419 e. The second kappa shape index (κ2) is 6.96. The average molecular weight is 402 g/mol. The molecule has 0 radical (unpaired) electrons. The van der Waals surface area contributed by atoms with Gasteiger partial charge in [-0.1, -0.05) is 0 Å². The fraction of sp³-hybridized carbons (Fsp3) is 0.375. The van der Waals surface area contributed by atoms with E-state index in [2.05, 4.69) is 25.9 Å². The normalized spacial score (nSPS) is 18.0. The molecular formula is C16H15BrF3N3O. The first-order chi connectivity index (χ1) is 11.4. The fourth-order valence-corrected chi connectivity index (χ4v) is 3.03. The van der Waals surface area contributed by atoms with Gasteiger partial charge in [-0.05, 0) is 40.5 Å². The Morgan fingerprint density at radius 2 is 2.04 bits per heavy atom. The minimum Gasteiger partial charge on any atom is -0.493 e. The highest BCUT2D eigenvalue weighted by Gasteiger charge is 2.37. The van der Waals surface area contributed by atoms with E-state index in [-0.39, 0.29) is 11.7 Å². The molecule has 3 heterocycles. The first kappa shape index (κ1) is 17.0. The van der Waals surface area contributed by atoms with Crippen LogP contribution >= 0.6 is 15.9 Å². The van der Waals surface area contributed by atoms with Gasteiger partial charge in [0.05, 0.1) is 12.2 Å². The summed E-state index contributed by atoms with van der Waals surface area (Å²) in [6, 6.07) is 4.58. The summed E-state index contributed by atoms with van der Waals surface area (Å²) >= 11 is 3.05. The molecule has 128 valence electrons. The van der Waals surface area contributed by atoms with Crippen LogP contribution in [-0.2, 0) is 6.18 Å². The SMILES string of the molecule is FC(F)(F)c1cc(Br)cnc1N1CCC(COc2ccncc2)C1. The minimum atomic E-state index is -4.43. The molecule has 1 aliphatic rings. The number of aromatic nitrogens is 2. The van der Waals surface area contributed by atoms with Crippen molar-refractivity contribution < 1.29 is 17.9 Å². The lowest BCUT2D eigenvalue weighted by molar-refractivity contribution is -0.137. The molecule has 2 aromatic heterocycles. The average Bonchev–Trinajstić information content (AvgIpc) is 3.02. The lowest BCUT2D eigenvalue weighted by Gasteiger charge is -2.22. The van der Waals surface area contributed by atoms with Crippen LogP contribution < -0.4 is 9.64 Å². The number of alkyl halides is 3. The van der Waals surface area contributed by atoms with Crippen molar-refractivity contribution in [1.82, 2.24) is 9.97 Å². The van der Waals surface area contributed by atoms with E-state index in [1.165, 1.54) is 6.20 Å². The van der Waals surface area contributed by atoms with E-state index in [0.29, 0.717) is 29.9 Å². The summed E-state index contributed by atoms with van der Waals surface area (Å²) in [5.41, 5.74) is -0.715. The zero-order valence-corrected chi connectivity index (χ0v) is 14.2. The molecule has 0 aromatic carbocycles. The van der Waals surface area contributed by atoms with E-state index in [1.807, 2.05) is 0 Å². The molecular weight excluding hydrogens is 387 g/mol. The number of halogens is 4. The number of rotatable bonds is 4. The Balaban J connectivity index is 1.68. The van der Waals surface area contributed by atoms with Gasteiger partial charge in [-0.15, -0.1) is 0 Å². The fourth-order valence-electron chi connectivity index (χ4n) is 2.70. The van der Waals surface area contributed by atoms with Crippen LogP contribution in [0.3, 0.4) is 0 Å². The number of ether oxygens (including phenoxy) is 1. The first-order valence-electron chi connectivity index (χ1n) is 7.44. The van der Waals surface area contributed by atoms with E-state index >= 15 is 0 Å². The maximum absolute atomic E-state index is 13.2. The first-order valence-corrected chi connectivity index (χ1v) is 8.23. The summed E-state index contributed by atoms with van der Waals surface area (Å²) < 4.78 is 45.7. The highest BCUT2D eigenvalue weighted by molar-refractivity contribution is 9.10. The Labute approximate surface area is 145 Å². The van der Waals surface area contributed by atoms with Gasteiger partial charge in [0.15, 0.2) is 0 Å². The third-order valence-corrected chi connectivity index (χ3v) is 4.29. The molecule has 0 amide bonds. The van der Waals surface area contributed by atoms with Crippen LogP contribution in [0.15, 0.2) is 41.3 Å². The number of nitrogens with zero attached hydrogens (tertiary/aromatic N) is 3. The molecule has 1 aliphatic heterocycles. The molecule has 0 N–H and O–H groups in total. The van der Waals surface area contributed by atoms with Crippen LogP contribution in [0, 0.1) is 5.92 Å². The van der Waals surface area contributed by atoms with Gasteiger partial charge in [-0.2, -0.15) is 13.2 Å². The molecule has 3 rings (SSSR count). The van der Waals surface area contributed by atoms with Crippen molar-refractivity contribution in [3.63, 3.8) is 0 Å². The molecule has 0 spiro atoms. The molecule has 1 saturated heterocycles. The second-order valence-corrected chi connectivity index (χ2v) is 6.53. The molecule has 4 nitrogen and oxygen atoms in total. The van der Waals surface area contributed by atoms with Gasteiger partial charge in [0.25, 0.3) is 0 Å². The molecule has 1 atom stereocenters. The third-order valence-electron chi connectivity index (χ3n) is 3.86. The second-order valence-electron chi connectivity index (χ2n) is 5.62. The highest BCUT2D eigenvalue weighted by atomic mass is 79.9. The summed E-state index contributed by atoms with van der Waals surface area (Å²) in [7, 11) is 0. The van der Waals surface area contributed by atoms with Gasteiger partial charge >= 0.3 is 6.18 Å². The molecule has 0 saturated carbocycles. The Hall–Kier alpha value is -1.83. The molecule has 1 unspecified atom stereocenters. The maximum Gasteiger partial charge on any atom is 0.419 e. The minimum absolute atomic E-state index is 0.0166. The summed E-state index contributed by atoms with van der Waals surface area (Å²) in [6.07, 6.45) is 0.999. The van der Waals surface area contributed by atoms with Crippen molar-refractivity contribution in [3.05, 3.63) is 46.8 Å². The van der Waals surface area contributed by atoms with Crippen LogP contribution in [-0.4, -0.2) is 29.7 Å². The van der Waals surface area contributed by atoms with Gasteiger partial charge in [-0.3, -0.25) is 4.98 Å². The van der Waals surface area contributed by atoms with Gasteiger partial charge < -0.3 is 9.64 Å². The van der Waals surface area contributed by atoms with E-state index < -0.39 is 11.7 Å². The monoisotopic (exact) mass is 401 g/mol. The van der Waals surface area contributed by atoms with E-state index in [4.69, 9.17) is 4.74 Å². The predicted octanol–water partition coefficient (Wildman–Crippen LogP) is 4.16. The summed E-state index contributed by atoms with van der Waals surface area (Å²) in [6.45, 7) is 1.48. The van der Waals surface area contributed by atoms with Crippen LogP contribution in [0.2, 0.25) is 0 Å². The summed E-state index contributed by atoms with van der Waals surface area (Å²) in [4.78, 5) is 9.58. The number of anilines is 1. The Morgan fingerprint density at radius 1 is 1.29 bits per heavy atom. The zero-order chi connectivity index (χ0) is 17.2. The predicted molar refractivity (Wildman–Crippen MR) is 87.0 cm³/mol. The molecule has 0 aliphatic carbocycles. The van der Waals surface area contributed by atoms with E-state index in [0.717, 1.165) is 12.5 Å². The van der Waals surface area contributed by atoms with Crippen molar-refractivity contribution in [2.45, 2.75) is 12.6 Å². The highest BCUT2D eigenvalue weighted by Crippen LogP contribution is 2.38. The number of pyridine rings is 2. The van der Waals surface area contributed by atoms with Crippen molar-refractivity contribution in [2.24, 2.45) is 5.92 Å². The Bertz CT molecular complexity index is 697. The van der Waals surface area contributed by atoms with Crippen molar-refractivity contribution in [2.75, 3.05) is 24.6 Å². The maximum atomic E-state index is 13.2. The Kier molecular flexibility index (Phi) is 4.93. The van der Waals surface area contributed by atoms with Gasteiger partial charge in [0.2, 0.25) is 0 Å². The van der Waals surface area contributed by atoms with Crippen LogP contribution in [0.25, 0.3) is 0 Å². The topological polar surface area (TPSA) is 38.2 Å². The molecule has 8 heteroatoms. The van der Waals surface area contributed by atoms with Crippen molar-refractivity contribution in [1.29, 1.82) is 0 Å². The zero-order valence-electron chi connectivity index (χ0n) is 12.6. The van der Waals surface area contributed by atoms with Crippen LogP contribution in [0.5, 0.6) is 5.75 Å². The Morgan fingerprint density at radius 3 is 2.75 bits per heavy atom. The molecule has 2 aromatic rings. The summed E-state index contributed by atoms with van der Waals surface area (Å²) in [5.74, 6) is 0.850. The number of hydrogen-bond donors (Lipinski definition) is 0. The lowest BCUT2D eigenvalue weighted by atomic mass is 10.1. The van der Waals surface area contributed by atoms with Crippen molar-refractivity contribution in [3.8, 4) is 5.75 Å². The molecule has 0 bridgehead atoms. The molecule has 24 heavy (non-hydrogen) atoms. The van der Waals surface area contributed by atoms with Crippen molar-refractivity contribution >= 4 is 21.7 Å². The largest absolute Gasteiger partial charge is 0.493 e. The number of hydrogen-bond acceptors (Lipinski definition) is 4. The van der Waals surface area contributed by atoms with Crippen LogP contribution in [0.1, 0.15) is 12.0 Å². The third kappa shape index (κ3) is 3.98.